The molecular weight excluding hydrogens is 320 g/mol. The summed E-state index contributed by atoms with van der Waals surface area (Å²) in [5, 5.41) is 6.45. The fourth-order valence-electron chi connectivity index (χ4n) is 2.21. The van der Waals surface area contributed by atoms with Crippen molar-refractivity contribution in [1.82, 2.24) is 4.98 Å². The van der Waals surface area contributed by atoms with Gasteiger partial charge in [-0.1, -0.05) is 35.4 Å². The van der Waals surface area contributed by atoms with Gasteiger partial charge in [0.25, 0.3) is 0 Å². The topological polar surface area (TPSA) is 24.9 Å². The highest BCUT2D eigenvalue weighted by Crippen LogP contribution is 2.29. The van der Waals surface area contributed by atoms with Crippen molar-refractivity contribution in [1.29, 1.82) is 0 Å². The van der Waals surface area contributed by atoms with E-state index in [9.17, 15) is 0 Å². The Morgan fingerprint density at radius 2 is 1.74 bits per heavy atom. The first-order chi connectivity index (χ1) is 11.1. The summed E-state index contributed by atoms with van der Waals surface area (Å²) in [6, 6.07) is 15.0. The van der Waals surface area contributed by atoms with Crippen LogP contribution in [-0.2, 0) is 5.75 Å². The standard InChI is InChI=1S/C19H20N2S2/c1-13-5-8-16(9-6-13)20-19-21-17(12-23-19)11-22-18-10-14(2)4-7-15(18)3/h4-10,12H,11H2,1-3H3,(H,20,21). The monoisotopic (exact) mass is 340 g/mol. The van der Waals surface area contributed by atoms with Crippen LogP contribution in [0.15, 0.2) is 52.7 Å². The Bertz CT molecular complexity index is 791. The van der Waals surface area contributed by atoms with Crippen LogP contribution < -0.4 is 5.32 Å². The van der Waals surface area contributed by atoms with Gasteiger partial charge < -0.3 is 5.32 Å². The molecular formula is C19H20N2S2. The van der Waals surface area contributed by atoms with Gasteiger partial charge in [-0.15, -0.1) is 23.1 Å². The summed E-state index contributed by atoms with van der Waals surface area (Å²) in [6.07, 6.45) is 0. The van der Waals surface area contributed by atoms with Crippen LogP contribution in [0.3, 0.4) is 0 Å². The van der Waals surface area contributed by atoms with Crippen molar-refractivity contribution in [2.24, 2.45) is 0 Å². The van der Waals surface area contributed by atoms with Crippen molar-refractivity contribution < 1.29 is 0 Å². The van der Waals surface area contributed by atoms with Crippen molar-refractivity contribution in [3.05, 3.63) is 70.2 Å². The van der Waals surface area contributed by atoms with E-state index in [1.165, 1.54) is 21.6 Å². The van der Waals surface area contributed by atoms with Crippen LogP contribution in [0.1, 0.15) is 22.4 Å². The number of thioether (sulfide) groups is 1. The summed E-state index contributed by atoms with van der Waals surface area (Å²) in [7, 11) is 0. The molecule has 1 N–H and O–H groups in total. The number of hydrogen-bond acceptors (Lipinski definition) is 4. The van der Waals surface area contributed by atoms with Crippen LogP contribution in [0, 0.1) is 20.8 Å². The SMILES string of the molecule is Cc1ccc(Nc2nc(CSc3cc(C)ccc3C)cs2)cc1. The Labute approximate surface area is 146 Å². The number of hydrogen-bond donors (Lipinski definition) is 1. The average Bonchev–Trinajstić information content (AvgIpc) is 2.98. The largest absolute Gasteiger partial charge is 0.332 e. The summed E-state index contributed by atoms with van der Waals surface area (Å²) in [5.74, 6) is 0.899. The predicted octanol–water partition coefficient (Wildman–Crippen LogP) is 6.10. The Morgan fingerprint density at radius 3 is 2.52 bits per heavy atom. The molecule has 0 bridgehead atoms. The molecule has 4 heteroatoms. The van der Waals surface area contributed by atoms with E-state index in [1.54, 1.807) is 11.3 Å². The zero-order valence-electron chi connectivity index (χ0n) is 13.6. The quantitative estimate of drug-likeness (QED) is 0.568. The first-order valence-electron chi connectivity index (χ1n) is 7.58. The number of nitrogens with zero attached hydrogens (tertiary/aromatic N) is 1. The smallest absolute Gasteiger partial charge is 0.187 e. The number of aryl methyl sites for hydroxylation is 3. The van der Waals surface area contributed by atoms with Crippen molar-refractivity contribution in [3.8, 4) is 0 Å². The number of anilines is 2. The molecule has 118 valence electrons. The first-order valence-corrected chi connectivity index (χ1v) is 9.45. The molecule has 0 spiro atoms. The second-order valence-electron chi connectivity index (χ2n) is 5.69. The van der Waals surface area contributed by atoms with Crippen molar-refractivity contribution in [3.63, 3.8) is 0 Å². The molecule has 23 heavy (non-hydrogen) atoms. The first kappa shape index (κ1) is 16.1. The van der Waals surface area contributed by atoms with Crippen LogP contribution in [-0.4, -0.2) is 4.98 Å². The van der Waals surface area contributed by atoms with Gasteiger partial charge in [0.1, 0.15) is 0 Å². The maximum absolute atomic E-state index is 4.68. The third-order valence-corrected chi connectivity index (χ3v) is 5.57. The number of benzene rings is 2. The molecule has 0 unspecified atom stereocenters. The van der Waals surface area contributed by atoms with E-state index in [-0.39, 0.29) is 0 Å². The third kappa shape index (κ3) is 4.36. The zero-order valence-corrected chi connectivity index (χ0v) is 15.2. The fraction of sp³-hybridized carbons (Fsp3) is 0.211. The summed E-state index contributed by atoms with van der Waals surface area (Å²) in [6.45, 7) is 6.39. The number of rotatable bonds is 5. The molecule has 0 aliphatic rings. The lowest BCUT2D eigenvalue weighted by atomic mass is 10.2. The molecule has 3 aromatic rings. The second kappa shape index (κ2) is 7.20. The van der Waals surface area contributed by atoms with Gasteiger partial charge in [0.15, 0.2) is 5.13 Å². The highest BCUT2D eigenvalue weighted by Gasteiger charge is 2.05. The zero-order chi connectivity index (χ0) is 16.2. The van der Waals surface area contributed by atoms with Crippen molar-refractivity contribution in [2.75, 3.05) is 5.32 Å². The molecule has 0 fully saturated rings. The lowest BCUT2D eigenvalue weighted by Gasteiger charge is -2.05. The summed E-state index contributed by atoms with van der Waals surface area (Å²) < 4.78 is 0. The minimum atomic E-state index is 0.899. The molecule has 0 aliphatic carbocycles. The highest BCUT2D eigenvalue weighted by molar-refractivity contribution is 7.98. The molecule has 0 aliphatic heterocycles. The van der Waals surface area contributed by atoms with Gasteiger partial charge in [-0.05, 0) is 44.5 Å². The molecule has 3 rings (SSSR count). The fourth-order valence-corrected chi connectivity index (χ4v) is 4.06. The number of thiazole rings is 1. The lowest BCUT2D eigenvalue weighted by Crippen LogP contribution is -1.90. The number of nitrogens with one attached hydrogen (secondary N) is 1. The predicted molar refractivity (Wildman–Crippen MR) is 102 cm³/mol. The van der Waals surface area contributed by atoms with E-state index in [0.717, 1.165) is 22.3 Å². The van der Waals surface area contributed by atoms with E-state index in [0.29, 0.717) is 0 Å². The molecule has 0 saturated carbocycles. The Morgan fingerprint density at radius 1 is 1.00 bits per heavy atom. The van der Waals surface area contributed by atoms with E-state index in [4.69, 9.17) is 0 Å². The molecule has 2 nitrogen and oxygen atoms in total. The molecule has 0 amide bonds. The van der Waals surface area contributed by atoms with Crippen molar-refractivity contribution >= 4 is 33.9 Å². The Balaban J connectivity index is 1.63. The second-order valence-corrected chi connectivity index (χ2v) is 7.57. The summed E-state index contributed by atoms with van der Waals surface area (Å²) in [5.41, 5.74) is 6.10. The van der Waals surface area contributed by atoms with Gasteiger partial charge in [-0.2, -0.15) is 0 Å². The molecule has 0 saturated heterocycles. The summed E-state index contributed by atoms with van der Waals surface area (Å²) >= 11 is 3.51. The number of aromatic nitrogens is 1. The van der Waals surface area contributed by atoms with Crippen LogP contribution in [0.4, 0.5) is 10.8 Å². The maximum Gasteiger partial charge on any atom is 0.187 e. The average molecular weight is 341 g/mol. The highest BCUT2D eigenvalue weighted by atomic mass is 32.2. The minimum Gasteiger partial charge on any atom is -0.332 e. The normalized spacial score (nSPS) is 10.7. The minimum absolute atomic E-state index is 0.899. The van der Waals surface area contributed by atoms with Gasteiger partial charge in [0.05, 0.1) is 5.69 Å². The van der Waals surface area contributed by atoms with E-state index >= 15 is 0 Å². The molecule has 2 aromatic carbocycles. The molecule has 1 heterocycles. The summed E-state index contributed by atoms with van der Waals surface area (Å²) in [4.78, 5) is 6.02. The molecule has 0 atom stereocenters. The van der Waals surface area contributed by atoms with Crippen LogP contribution in [0.2, 0.25) is 0 Å². The van der Waals surface area contributed by atoms with Gasteiger partial charge in [0.2, 0.25) is 0 Å². The van der Waals surface area contributed by atoms with E-state index in [2.05, 4.69) is 78.9 Å². The maximum atomic E-state index is 4.68. The van der Waals surface area contributed by atoms with Gasteiger partial charge >= 0.3 is 0 Å². The third-order valence-electron chi connectivity index (χ3n) is 3.57. The van der Waals surface area contributed by atoms with Crippen LogP contribution >= 0.6 is 23.1 Å². The van der Waals surface area contributed by atoms with Gasteiger partial charge in [-0.25, -0.2) is 4.98 Å². The van der Waals surface area contributed by atoms with Gasteiger partial charge in [-0.3, -0.25) is 0 Å². The molecule has 1 aromatic heterocycles. The van der Waals surface area contributed by atoms with E-state index < -0.39 is 0 Å². The lowest BCUT2D eigenvalue weighted by molar-refractivity contribution is 1.21. The Hall–Kier alpha value is -1.78. The van der Waals surface area contributed by atoms with E-state index in [1.807, 2.05) is 11.8 Å². The Kier molecular flexibility index (Phi) is 5.03. The van der Waals surface area contributed by atoms with Crippen molar-refractivity contribution in [2.45, 2.75) is 31.4 Å². The van der Waals surface area contributed by atoms with Crippen LogP contribution in [0.25, 0.3) is 0 Å². The van der Waals surface area contributed by atoms with Crippen LogP contribution in [0.5, 0.6) is 0 Å². The van der Waals surface area contributed by atoms with Gasteiger partial charge in [0, 0.05) is 21.7 Å². The molecule has 0 radical (unpaired) electrons.